The van der Waals surface area contributed by atoms with E-state index < -0.39 is 6.04 Å². The van der Waals surface area contributed by atoms with Crippen molar-refractivity contribution in [3.05, 3.63) is 34.9 Å². The van der Waals surface area contributed by atoms with Crippen LogP contribution in [0.15, 0.2) is 18.2 Å². The summed E-state index contributed by atoms with van der Waals surface area (Å²) in [7, 11) is 0. The van der Waals surface area contributed by atoms with E-state index in [1.165, 1.54) is 0 Å². The van der Waals surface area contributed by atoms with Gasteiger partial charge in [-0.1, -0.05) is 18.2 Å². The van der Waals surface area contributed by atoms with Gasteiger partial charge in [0.25, 0.3) is 5.91 Å². The molecule has 0 aliphatic carbocycles. The standard InChI is InChI=1S/C22H28N4O4/c27-18-5-4-17(20(28)24-18)26-13-16-3-1-2-15(19(16)21(26)29)12-25-9-6-22(7-10-25)14-23-8-11-30-22/h1-3,17,23H,4-14H2,(H,24,27,28). The van der Waals surface area contributed by atoms with Gasteiger partial charge in [-0.05, 0) is 30.4 Å². The maximum absolute atomic E-state index is 13.2. The van der Waals surface area contributed by atoms with Crippen LogP contribution in [0.1, 0.15) is 47.2 Å². The number of hydrogen-bond acceptors (Lipinski definition) is 6. The predicted octanol–water partition coefficient (Wildman–Crippen LogP) is 0.402. The number of imide groups is 1. The van der Waals surface area contributed by atoms with E-state index >= 15 is 0 Å². The molecule has 0 bridgehead atoms. The van der Waals surface area contributed by atoms with Gasteiger partial charge in [-0.15, -0.1) is 0 Å². The molecular weight excluding hydrogens is 384 g/mol. The Bertz CT molecular complexity index is 870. The van der Waals surface area contributed by atoms with E-state index in [9.17, 15) is 14.4 Å². The molecule has 4 heterocycles. The third-order valence-electron chi connectivity index (χ3n) is 6.93. The van der Waals surface area contributed by atoms with E-state index in [0.717, 1.165) is 68.9 Å². The SMILES string of the molecule is O=C1CCC(N2Cc3cccc(CN4CCC5(CC4)CNCCO5)c3C2=O)C(=O)N1. The second-order valence-corrected chi connectivity index (χ2v) is 8.84. The molecule has 4 aliphatic rings. The summed E-state index contributed by atoms with van der Waals surface area (Å²) in [4.78, 5) is 41.0. The lowest BCUT2D eigenvalue weighted by molar-refractivity contribution is -0.136. The summed E-state index contributed by atoms with van der Waals surface area (Å²) in [5, 5.41) is 5.81. The van der Waals surface area contributed by atoms with Gasteiger partial charge >= 0.3 is 0 Å². The molecule has 1 atom stereocenters. The Labute approximate surface area is 175 Å². The van der Waals surface area contributed by atoms with Crippen molar-refractivity contribution < 1.29 is 19.1 Å². The van der Waals surface area contributed by atoms with Crippen LogP contribution >= 0.6 is 0 Å². The van der Waals surface area contributed by atoms with Gasteiger partial charge in [-0.25, -0.2) is 0 Å². The van der Waals surface area contributed by atoms with Crippen molar-refractivity contribution >= 4 is 17.7 Å². The van der Waals surface area contributed by atoms with E-state index in [4.69, 9.17) is 4.74 Å². The summed E-state index contributed by atoms with van der Waals surface area (Å²) in [5.41, 5.74) is 2.69. The molecular formula is C22H28N4O4. The molecule has 0 aromatic heterocycles. The van der Waals surface area contributed by atoms with Gasteiger partial charge in [0.15, 0.2) is 0 Å². The minimum absolute atomic E-state index is 0.0359. The highest BCUT2D eigenvalue weighted by atomic mass is 16.5. The number of hydrogen-bond donors (Lipinski definition) is 2. The highest BCUT2D eigenvalue weighted by Crippen LogP contribution is 2.32. The van der Waals surface area contributed by atoms with Crippen molar-refractivity contribution in [3.8, 4) is 0 Å². The second-order valence-electron chi connectivity index (χ2n) is 8.84. The normalized spacial score (nSPS) is 26.7. The van der Waals surface area contributed by atoms with Crippen LogP contribution < -0.4 is 10.6 Å². The van der Waals surface area contributed by atoms with E-state index in [1.54, 1.807) is 4.90 Å². The number of benzene rings is 1. The number of amides is 3. The Balaban J connectivity index is 1.28. The van der Waals surface area contributed by atoms with Gasteiger partial charge in [-0.3, -0.25) is 24.6 Å². The van der Waals surface area contributed by atoms with Crippen molar-refractivity contribution in [3.63, 3.8) is 0 Å². The molecule has 1 unspecified atom stereocenters. The highest BCUT2D eigenvalue weighted by Gasteiger charge is 2.41. The third-order valence-corrected chi connectivity index (χ3v) is 6.93. The summed E-state index contributed by atoms with van der Waals surface area (Å²) < 4.78 is 6.08. The van der Waals surface area contributed by atoms with Gasteiger partial charge in [0.05, 0.1) is 12.2 Å². The molecule has 1 aromatic carbocycles. The predicted molar refractivity (Wildman–Crippen MR) is 109 cm³/mol. The van der Waals surface area contributed by atoms with Crippen LogP contribution in [-0.4, -0.2) is 72.0 Å². The van der Waals surface area contributed by atoms with Crippen molar-refractivity contribution in [1.29, 1.82) is 0 Å². The zero-order valence-electron chi connectivity index (χ0n) is 17.1. The summed E-state index contributed by atoms with van der Waals surface area (Å²) in [5.74, 6) is -0.721. The zero-order valence-corrected chi connectivity index (χ0v) is 17.1. The van der Waals surface area contributed by atoms with Crippen LogP contribution in [0.5, 0.6) is 0 Å². The first kappa shape index (κ1) is 19.7. The van der Waals surface area contributed by atoms with Crippen molar-refractivity contribution in [2.75, 3.05) is 32.8 Å². The van der Waals surface area contributed by atoms with Crippen LogP contribution in [0.3, 0.4) is 0 Å². The molecule has 1 spiro atoms. The number of carbonyl (C=O) groups excluding carboxylic acids is 3. The number of fused-ring (bicyclic) bond motifs is 1. The minimum Gasteiger partial charge on any atom is -0.372 e. The Hall–Kier alpha value is -2.29. The molecule has 2 N–H and O–H groups in total. The molecule has 3 amide bonds. The van der Waals surface area contributed by atoms with Gasteiger partial charge in [0.1, 0.15) is 6.04 Å². The quantitative estimate of drug-likeness (QED) is 0.699. The maximum atomic E-state index is 13.2. The Kier molecular flexibility index (Phi) is 5.08. The first-order chi connectivity index (χ1) is 14.5. The average molecular weight is 412 g/mol. The molecule has 4 aliphatic heterocycles. The first-order valence-corrected chi connectivity index (χ1v) is 10.9. The van der Waals surface area contributed by atoms with E-state index in [1.807, 2.05) is 18.2 Å². The molecule has 0 radical (unpaired) electrons. The maximum Gasteiger partial charge on any atom is 0.255 e. The lowest BCUT2D eigenvalue weighted by Crippen LogP contribution is -2.55. The molecule has 3 fully saturated rings. The van der Waals surface area contributed by atoms with Gasteiger partial charge in [-0.2, -0.15) is 0 Å². The van der Waals surface area contributed by atoms with E-state index in [0.29, 0.717) is 13.0 Å². The highest BCUT2D eigenvalue weighted by molar-refractivity contribution is 6.05. The number of nitrogens with one attached hydrogen (secondary N) is 2. The molecule has 160 valence electrons. The molecule has 3 saturated heterocycles. The molecule has 30 heavy (non-hydrogen) atoms. The van der Waals surface area contributed by atoms with Gasteiger partial charge in [0.2, 0.25) is 11.8 Å². The Morgan fingerprint density at radius 2 is 2.00 bits per heavy atom. The molecule has 8 nitrogen and oxygen atoms in total. The number of morpholine rings is 1. The van der Waals surface area contributed by atoms with Crippen molar-refractivity contribution in [1.82, 2.24) is 20.4 Å². The second kappa shape index (κ2) is 7.76. The van der Waals surface area contributed by atoms with Gasteiger partial charge < -0.3 is 15.0 Å². The van der Waals surface area contributed by atoms with Crippen molar-refractivity contribution in [2.45, 2.75) is 50.4 Å². The topological polar surface area (TPSA) is 91.0 Å². The number of rotatable bonds is 3. The van der Waals surface area contributed by atoms with Crippen LogP contribution in [0.25, 0.3) is 0 Å². The Morgan fingerprint density at radius 3 is 2.73 bits per heavy atom. The number of carbonyl (C=O) groups is 3. The fourth-order valence-corrected chi connectivity index (χ4v) is 5.21. The summed E-state index contributed by atoms with van der Waals surface area (Å²) in [6.45, 7) is 5.65. The van der Waals surface area contributed by atoms with E-state index in [2.05, 4.69) is 15.5 Å². The third kappa shape index (κ3) is 3.53. The smallest absolute Gasteiger partial charge is 0.255 e. The number of ether oxygens (including phenoxy) is 1. The average Bonchev–Trinajstić information content (AvgIpc) is 3.08. The Morgan fingerprint density at radius 1 is 1.17 bits per heavy atom. The first-order valence-electron chi connectivity index (χ1n) is 10.9. The zero-order chi connectivity index (χ0) is 20.7. The van der Waals surface area contributed by atoms with Crippen LogP contribution in [0.2, 0.25) is 0 Å². The number of likely N-dealkylation sites (tertiary alicyclic amines) is 1. The molecule has 8 heteroatoms. The number of nitrogens with zero attached hydrogens (tertiary/aromatic N) is 2. The van der Waals surface area contributed by atoms with Crippen LogP contribution in [-0.2, 0) is 27.4 Å². The molecule has 5 rings (SSSR count). The fraction of sp³-hybridized carbons (Fsp3) is 0.591. The summed E-state index contributed by atoms with van der Waals surface area (Å²) >= 11 is 0. The van der Waals surface area contributed by atoms with Crippen molar-refractivity contribution in [2.24, 2.45) is 0 Å². The monoisotopic (exact) mass is 412 g/mol. The minimum atomic E-state index is -0.568. The van der Waals surface area contributed by atoms with E-state index in [-0.39, 0.29) is 29.7 Å². The lowest BCUT2D eigenvalue weighted by Gasteiger charge is -2.44. The largest absolute Gasteiger partial charge is 0.372 e. The summed E-state index contributed by atoms with van der Waals surface area (Å²) in [6.07, 6.45) is 2.65. The molecule has 1 aromatic rings. The van der Waals surface area contributed by atoms with Crippen LogP contribution in [0, 0.1) is 0 Å². The van der Waals surface area contributed by atoms with Crippen LogP contribution in [0.4, 0.5) is 0 Å². The van der Waals surface area contributed by atoms with Gasteiger partial charge in [0, 0.05) is 51.3 Å². The lowest BCUT2D eigenvalue weighted by atomic mass is 9.89. The number of piperidine rings is 2. The molecule has 0 saturated carbocycles. The fourth-order valence-electron chi connectivity index (χ4n) is 5.21. The summed E-state index contributed by atoms with van der Waals surface area (Å²) in [6, 6.07) is 5.42.